The second-order valence-electron chi connectivity index (χ2n) is 5.94. The van der Waals surface area contributed by atoms with Gasteiger partial charge in [0.05, 0.1) is 7.11 Å². The lowest BCUT2D eigenvalue weighted by molar-refractivity contribution is 0.0946. The molecule has 1 aromatic heterocycles. The van der Waals surface area contributed by atoms with Crippen molar-refractivity contribution in [2.45, 2.75) is 13.1 Å². The number of hydrogen-bond donors (Lipinski definition) is 2. The Morgan fingerprint density at radius 3 is 2.37 bits per heavy atom. The average molecular weight is 382 g/mol. The molecule has 0 aliphatic carbocycles. The molecule has 2 aromatic carbocycles. The molecule has 0 spiro atoms. The quantitative estimate of drug-likeness (QED) is 0.641. The molecule has 0 saturated heterocycles. The molecule has 0 atom stereocenters. The number of rotatable bonds is 7. The van der Waals surface area contributed by atoms with Crippen LogP contribution in [0, 0.1) is 0 Å². The van der Waals surface area contributed by atoms with Gasteiger partial charge in [-0.25, -0.2) is 0 Å². The average Bonchev–Trinajstić information content (AvgIpc) is 2.72. The lowest BCUT2D eigenvalue weighted by Crippen LogP contribution is -2.23. The van der Waals surface area contributed by atoms with Gasteiger partial charge in [-0.3, -0.25) is 9.78 Å². The summed E-state index contributed by atoms with van der Waals surface area (Å²) in [4.78, 5) is 16.5. The van der Waals surface area contributed by atoms with Crippen LogP contribution in [-0.4, -0.2) is 18.0 Å². The van der Waals surface area contributed by atoms with Crippen molar-refractivity contribution in [3.63, 3.8) is 0 Å². The summed E-state index contributed by atoms with van der Waals surface area (Å²) in [7, 11) is 1.64. The van der Waals surface area contributed by atoms with Crippen molar-refractivity contribution in [2.75, 3.05) is 12.4 Å². The zero-order chi connectivity index (χ0) is 19.1. The maximum atomic E-state index is 12.3. The number of nitrogens with zero attached hydrogens (tertiary/aromatic N) is 1. The van der Waals surface area contributed by atoms with E-state index in [0.717, 1.165) is 22.6 Å². The lowest BCUT2D eigenvalue weighted by Gasteiger charge is -2.09. The lowest BCUT2D eigenvalue weighted by atomic mass is 10.2. The summed E-state index contributed by atoms with van der Waals surface area (Å²) < 4.78 is 5.16. The molecule has 27 heavy (non-hydrogen) atoms. The normalized spacial score (nSPS) is 10.3. The number of carbonyl (C=O) groups is 1. The third-order valence-electron chi connectivity index (χ3n) is 4.01. The smallest absolute Gasteiger partial charge is 0.270 e. The number of aromatic nitrogens is 1. The number of hydrogen-bond acceptors (Lipinski definition) is 4. The number of methoxy groups -OCH3 is 1. The molecule has 5 nitrogen and oxygen atoms in total. The number of nitrogens with one attached hydrogen (secondary N) is 2. The molecule has 0 bridgehead atoms. The van der Waals surface area contributed by atoms with Crippen LogP contribution in [0.25, 0.3) is 0 Å². The Bertz CT molecular complexity index is 896. The molecule has 0 fully saturated rings. The first-order chi connectivity index (χ1) is 13.1. The Morgan fingerprint density at radius 2 is 1.67 bits per heavy atom. The van der Waals surface area contributed by atoms with Crippen LogP contribution in [0.3, 0.4) is 0 Å². The molecule has 1 heterocycles. The highest BCUT2D eigenvalue weighted by atomic mass is 35.5. The van der Waals surface area contributed by atoms with Crippen LogP contribution in [-0.2, 0) is 13.1 Å². The minimum Gasteiger partial charge on any atom is -0.497 e. The molecular formula is C21H20ClN3O2. The molecule has 2 N–H and O–H groups in total. The number of anilines is 1. The minimum atomic E-state index is -0.224. The first-order valence-corrected chi connectivity index (χ1v) is 8.87. The molecule has 3 rings (SSSR count). The number of amides is 1. The fourth-order valence-electron chi connectivity index (χ4n) is 2.49. The minimum absolute atomic E-state index is 0.224. The largest absolute Gasteiger partial charge is 0.497 e. The van der Waals surface area contributed by atoms with Crippen molar-refractivity contribution in [1.29, 1.82) is 0 Å². The van der Waals surface area contributed by atoms with Crippen molar-refractivity contribution < 1.29 is 9.53 Å². The fraction of sp³-hybridized carbons (Fsp3) is 0.143. The molecule has 0 radical (unpaired) electrons. The van der Waals surface area contributed by atoms with E-state index in [4.69, 9.17) is 16.3 Å². The summed E-state index contributed by atoms with van der Waals surface area (Å²) >= 11 is 5.87. The van der Waals surface area contributed by atoms with Gasteiger partial charge < -0.3 is 15.4 Å². The monoisotopic (exact) mass is 381 g/mol. The van der Waals surface area contributed by atoms with E-state index in [-0.39, 0.29) is 5.91 Å². The predicted octanol–water partition coefficient (Wildman–Crippen LogP) is 4.29. The van der Waals surface area contributed by atoms with Gasteiger partial charge in [-0.1, -0.05) is 35.9 Å². The van der Waals surface area contributed by atoms with E-state index in [0.29, 0.717) is 23.8 Å². The van der Waals surface area contributed by atoms with Gasteiger partial charge in [0.1, 0.15) is 11.4 Å². The zero-order valence-electron chi connectivity index (χ0n) is 14.9. The molecule has 138 valence electrons. The summed E-state index contributed by atoms with van der Waals surface area (Å²) in [5.41, 5.74) is 3.28. The number of ether oxygens (including phenoxy) is 1. The van der Waals surface area contributed by atoms with E-state index in [9.17, 15) is 4.79 Å². The first-order valence-electron chi connectivity index (χ1n) is 8.49. The molecule has 0 saturated carbocycles. The van der Waals surface area contributed by atoms with Crippen molar-refractivity contribution >= 4 is 23.2 Å². The summed E-state index contributed by atoms with van der Waals surface area (Å²) in [5, 5.41) is 6.83. The van der Waals surface area contributed by atoms with E-state index < -0.39 is 0 Å². The van der Waals surface area contributed by atoms with E-state index >= 15 is 0 Å². The van der Waals surface area contributed by atoms with Gasteiger partial charge in [0.15, 0.2) is 0 Å². The Kier molecular flexibility index (Phi) is 6.28. The van der Waals surface area contributed by atoms with Gasteiger partial charge in [-0.15, -0.1) is 0 Å². The van der Waals surface area contributed by atoms with Gasteiger partial charge in [-0.05, 0) is 47.5 Å². The highest BCUT2D eigenvalue weighted by Crippen LogP contribution is 2.14. The van der Waals surface area contributed by atoms with Gasteiger partial charge in [0.2, 0.25) is 0 Å². The molecule has 1 amide bonds. The van der Waals surface area contributed by atoms with E-state index in [1.165, 1.54) is 0 Å². The third-order valence-corrected chi connectivity index (χ3v) is 4.27. The highest BCUT2D eigenvalue weighted by Gasteiger charge is 2.08. The Labute approximate surface area is 163 Å². The van der Waals surface area contributed by atoms with Crippen LogP contribution in [0.15, 0.2) is 66.9 Å². The summed E-state index contributed by atoms with van der Waals surface area (Å²) in [6.07, 6.45) is 1.62. The maximum absolute atomic E-state index is 12.3. The predicted molar refractivity (Wildman–Crippen MR) is 107 cm³/mol. The second kappa shape index (κ2) is 9.05. The molecule has 0 aliphatic heterocycles. The zero-order valence-corrected chi connectivity index (χ0v) is 15.7. The highest BCUT2D eigenvalue weighted by molar-refractivity contribution is 6.30. The number of benzene rings is 2. The standard InChI is InChI=1S/C21H20ClN3O2/c1-27-19-8-4-16(5-9-19)13-24-18-10-11-23-20(12-18)21(26)25-14-15-2-6-17(22)7-3-15/h2-12H,13-14H2,1H3,(H,23,24)(H,25,26). The van der Waals surface area contributed by atoms with E-state index in [1.54, 1.807) is 31.5 Å². The molecule has 0 aliphatic rings. The van der Waals surface area contributed by atoms with Crippen LogP contribution < -0.4 is 15.4 Å². The Balaban J connectivity index is 1.56. The SMILES string of the molecule is COc1ccc(CNc2ccnc(C(=O)NCc3ccc(Cl)cc3)c2)cc1. The molecule has 3 aromatic rings. The van der Waals surface area contributed by atoms with Gasteiger partial charge >= 0.3 is 0 Å². The topological polar surface area (TPSA) is 63.2 Å². The first kappa shape index (κ1) is 18.7. The summed E-state index contributed by atoms with van der Waals surface area (Å²) in [5.74, 6) is 0.598. The Morgan fingerprint density at radius 1 is 1.00 bits per heavy atom. The van der Waals surface area contributed by atoms with Crippen molar-refractivity contribution in [3.05, 3.63) is 88.7 Å². The van der Waals surface area contributed by atoms with Crippen LogP contribution in [0.4, 0.5) is 5.69 Å². The van der Waals surface area contributed by atoms with E-state index in [1.807, 2.05) is 42.5 Å². The number of carbonyl (C=O) groups excluding carboxylic acids is 1. The number of pyridine rings is 1. The van der Waals surface area contributed by atoms with Crippen LogP contribution in [0.1, 0.15) is 21.6 Å². The summed E-state index contributed by atoms with van der Waals surface area (Å²) in [6.45, 7) is 1.06. The fourth-order valence-corrected chi connectivity index (χ4v) is 2.61. The maximum Gasteiger partial charge on any atom is 0.270 e. The summed E-state index contributed by atoms with van der Waals surface area (Å²) in [6, 6.07) is 18.7. The number of halogens is 1. The van der Waals surface area contributed by atoms with Crippen LogP contribution in [0.2, 0.25) is 5.02 Å². The second-order valence-corrected chi connectivity index (χ2v) is 6.38. The van der Waals surface area contributed by atoms with Gasteiger partial charge in [-0.2, -0.15) is 0 Å². The van der Waals surface area contributed by atoms with Crippen molar-refractivity contribution in [1.82, 2.24) is 10.3 Å². The molecular weight excluding hydrogens is 362 g/mol. The van der Waals surface area contributed by atoms with Crippen molar-refractivity contribution in [2.24, 2.45) is 0 Å². The van der Waals surface area contributed by atoms with Gasteiger partial charge in [0, 0.05) is 30.0 Å². The van der Waals surface area contributed by atoms with Crippen LogP contribution in [0.5, 0.6) is 5.75 Å². The van der Waals surface area contributed by atoms with Crippen molar-refractivity contribution in [3.8, 4) is 5.75 Å². The van der Waals surface area contributed by atoms with Gasteiger partial charge in [0.25, 0.3) is 5.91 Å². The Hall–Kier alpha value is -3.05. The molecule has 6 heteroatoms. The molecule has 0 unspecified atom stereocenters. The van der Waals surface area contributed by atoms with Crippen LogP contribution >= 0.6 is 11.6 Å². The third kappa shape index (κ3) is 5.46. The van der Waals surface area contributed by atoms with E-state index in [2.05, 4.69) is 15.6 Å².